The highest BCUT2D eigenvalue weighted by molar-refractivity contribution is 9.10. The zero-order valence-electron chi connectivity index (χ0n) is 11.7. The van der Waals surface area contributed by atoms with Gasteiger partial charge < -0.3 is 9.73 Å². The van der Waals surface area contributed by atoms with Crippen molar-refractivity contribution in [3.8, 4) is 0 Å². The number of anilines is 1. The van der Waals surface area contributed by atoms with Crippen LogP contribution in [0.25, 0.3) is 11.0 Å². The van der Waals surface area contributed by atoms with Crippen molar-refractivity contribution in [1.82, 2.24) is 0 Å². The Morgan fingerprint density at radius 3 is 2.62 bits per heavy atom. The van der Waals surface area contributed by atoms with E-state index in [0.717, 1.165) is 21.1 Å². The Balaban J connectivity index is 1.90. The van der Waals surface area contributed by atoms with Gasteiger partial charge in [-0.3, -0.25) is 4.79 Å². The summed E-state index contributed by atoms with van der Waals surface area (Å²) < 4.78 is 6.51. The third-order valence-corrected chi connectivity index (χ3v) is 4.19. The maximum atomic E-state index is 12.3. The van der Waals surface area contributed by atoms with Crippen LogP contribution >= 0.6 is 15.9 Å². The van der Waals surface area contributed by atoms with Crippen molar-refractivity contribution in [1.29, 1.82) is 0 Å². The number of carbonyl (C=O) groups excluding carboxylic acids is 1. The fourth-order valence-electron chi connectivity index (χ4n) is 2.15. The van der Waals surface area contributed by atoms with Crippen molar-refractivity contribution in [3.05, 3.63) is 63.8 Å². The van der Waals surface area contributed by atoms with Crippen LogP contribution in [0.4, 0.5) is 5.69 Å². The summed E-state index contributed by atoms with van der Waals surface area (Å²) in [4.78, 5) is 12.3. The van der Waals surface area contributed by atoms with Crippen LogP contribution in [-0.2, 0) is 0 Å². The zero-order chi connectivity index (χ0) is 15.0. The molecule has 4 heteroatoms. The Morgan fingerprint density at radius 1 is 1.10 bits per heavy atom. The Bertz CT molecular complexity index is 836. The highest BCUT2D eigenvalue weighted by Gasteiger charge is 2.14. The van der Waals surface area contributed by atoms with Gasteiger partial charge in [0.15, 0.2) is 5.76 Å². The van der Waals surface area contributed by atoms with Crippen LogP contribution in [0.3, 0.4) is 0 Å². The molecule has 1 aromatic heterocycles. The number of fused-ring (bicyclic) bond motifs is 1. The van der Waals surface area contributed by atoms with Crippen LogP contribution in [-0.4, -0.2) is 5.91 Å². The van der Waals surface area contributed by atoms with Gasteiger partial charge >= 0.3 is 0 Å². The molecule has 3 aromatic rings. The molecule has 0 saturated carbocycles. The molecule has 3 nitrogen and oxygen atoms in total. The lowest BCUT2D eigenvalue weighted by Crippen LogP contribution is -2.10. The molecule has 21 heavy (non-hydrogen) atoms. The first-order valence-corrected chi connectivity index (χ1v) is 7.40. The van der Waals surface area contributed by atoms with Crippen molar-refractivity contribution in [2.75, 3.05) is 5.32 Å². The minimum Gasteiger partial charge on any atom is -0.451 e. The van der Waals surface area contributed by atoms with E-state index in [4.69, 9.17) is 4.42 Å². The summed E-state index contributed by atoms with van der Waals surface area (Å²) in [5.41, 5.74) is 3.79. The van der Waals surface area contributed by atoms with Gasteiger partial charge in [-0.1, -0.05) is 28.1 Å². The van der Waals surface area contributed by atoms with Gasteiger partial charge in [-0.05, 0) is 55.3 Å². The molecule has 0 aliphatic heterocycles. The second-order valence-electron chi connectivity index (χ2n) is 5.02. The third kappa shape index (κ3) is 2.72. The minimum atomic E-state index is -0.249. The molecule has 0 saturated heterocycles. The summed E-state index contributed by atoms with van der Waals surface area (Å²) in [6.45, 7) is 4.06. The number of hydrogen-bond acceptors (Lipinski definition) is 2. The molecule has 106 valence electrons. The van der Waals surface area contributed by atoms with E-state index >= 15 is 0 Å². The third-order valence-electron chi connectivity index (χ3n) is 3.50. The molecular formula is C17H14BrNO2. The lowest BCUT2D eigenvalue weighted by molar-refractivity contribution is 0.0998. The van der Waals surface area contributed by atoms with E-state index in [1.54, 1.807) is 6.07 Å². The van der Waals surface area contributed by atoms with E-state index in [2.05, 4.69) is 21.2 Å². The number of carbonyl (C=O) groups is 1. The van der Waals surface area contributed by atoms with Crippen LogP contribution in [0.1, 0.15) is 21.7 Å². The second kappa shape index (κ2) is 5.37. The van der Waals surface area contributed by atoms with Gasteiger partial charge in [0.05, 0.1) is 0 Å². The molecule has 2 aromatic carbocycles. The highest BCUT2D eigenvalue weighted by Crippen LogP contribution is 2.27. The number of furan rings is 1. The van der Waals surface area contributed by atoms with E-state index in [-0.39, 0.29) is 5.91 Å². The first-order chi connectivity index (χ1) is 10.0. The number of rotatable bonds is 2. The van der Waals surface area contributed by atoms with E-state index in [1.165, 1.54) is 5.56 Å². The maximum Gasteiger partial charge on any atom is 0.291 e. The van der Waals surface area contributed by atoms with Gasteiger partial charge in [0.25, 0.3) is 5.91 Å². The summed E-state index contributed by atoms with van der Waals surface area (Å²) in [5, 5.41) is 3.75. The molecule has 0 unspecified atom stereocenters. The van der Waals surface area contributed by atoms with Crippen molar-refractivity contribution < 1.29 is 9.21 Å². The first-order valence-electron chi connectivity index (χ1n) is 6.61. The van der Waals surface area contributed by atoms with Gasteiger partial charge in [-0.25, -0.2) is 0 Å². The van der Waals surface area contributed by atoms with E-state index < -0.39 is 0 Å². The van der Waals surface area contributed by atoms with Gasteiger partial charge in [0, 0.05) is 15.5 Å². The molecule has 1 N–H and O–H groups in total. The first kappa shape index (κ1) is 13.9. The average molecular weight is 344 g/mol. The highest BCUT2D eigenvalue weighted by atomic mass is 79.9. The predicted molar refractivity (Wildman–Crippen MR) is 87.8 cm³/mol. The Morgan fingerprint density at radius 2 is 1.90 bits per heavy atom. The van der Waals surface area contributed by atoms with Crippen molar-refractivity contribution in [3.63, 3.8) is 0 Å². The molecule has 0 bridgehead atoms. The lowest BCUT2D eigenvalue weighted by Gasteiger charge is -2.06. The summed E-state index contributed by atoms with van der Waals surface area (Å²) in [6, 6.07) is 13.2. The summed E-state index contributed by atoms with van der Waals surface area (Å²) in [5.74, 6) is 0.0523. The molecule has 0 spiro atoms. The molecule has 0 aliphatic rings. The fraction of sp³-hybridized carbons (Fsp3) is 0.118. The number of amides is 1. The molecule has 1 heterocycles. The number of halogens is 1. The quantitative estimate of drug-likeness (QED) is 0.706. The van der Waals surface area contributed by atoms with Crippen LogP contribution in [0.15, 0.2) is 51.4 Å². The molecule has 3 rings (SSSR count). The predicted octanol–water partition coefficient (Wildman–Crippen LogP) is 5.06. The largest absolute Gasteiger partial charge is 0.451 e. The minimum absolute atomic E-state index is 0.249. The topological polar surface area (TPSA) is 42.2 Å². The van der Waals surface area contributed by atoms with Crippen LogP contribution in [0.5, 0.6) is 0 Å². The van der Waals surface area contributed by atoms with Gasteiger partial charge in [0.2, 0.25) is 0 Å². The molecule has 0 radical (unpaired) electrons. The standard InChI is InChI=1S/C17H14BrNO2/c1-10-6-7-12(8-11(10)2)19-17(20)16-9-13-14(18)4-3-5-15(13)21-16/h3-9H,1-2H3,(H,19,20). The van der Waals surface area contributed by atoms with Crippen LogP contribution < -0.4 is 5.32 Å². The van der Waals surface area contributed by atoms with E-state index in [9.17, 15) is 4.79 Å². The van der Waals surface area contributed by atoms with E-state index in [1.807, 2.05) is 50.2 Å². The normalized spacial score (nSPS) is 10.8. The van der Waals surface area contributed by atoms with Gasteiger partial charge in [0.1, 0.15) is 5.58 Å². The fourth-order valence-corrected chi connectivity index (χ4v) is 2.61. The maximum absolute atomic E-state index is 12.3. The Labute approximate surface area is 131 Å². The van der Waals surface area contributed by atoms with Gasteiger partial charge in [-0.15, -0.1) is 0 Å². The number of hydrogen-bond donors (Lipinski definition) is 1. The van der Waals surface area contributed by atoms with Crippen LogP contribution in [0, 0.1) is 13.8 Å². The Kier molecular flexibility index (Phi) is 3.55. The second-order valence-corrected chi connectivity index (χ2v) is 5.87. The molecule has 0 fully saturated rings. The van der Waals surface area contributed by atoms with Gasteiger partial charge in [-0.2, -0.15) is 0 Å². The molecule has 0 aliphatic carbocycles. The van der Waals surface area contributed by atoms with Crippen molar-refractivity contribution in [2.24, 2.45) is 0 Å². The molecule has 1 amide bonds. The van der Waals surface area contributed by atoms with E-state index in [0.29, 0.717) is 11.3 Å². The SMILES string of the molecule is Cc1ccc(NC(=O)c2cc3c(Br)cccc3o2)cc1C. The average Bonchev–Trinajstić information content (AvgIpc) is 2.89. The van der Waals surface area contributed by atoms with Crippen LogP contribution in [0.2, 0.25) is 0 Å². The summed E-state index contributed by atoms with van der Waals surface area (Å²) >= 11 is 3.45. The molecule has 0 atom stereocenters. The summed E-state index contributed by atoms with van der Waals surface area (Å²) in [7, 11) is 0. The number of aryl methyl sites for hydroxylation is 2. The number of benzene rings is 2. The Hall–Kier alpha value is -2.07. The summed E-state index contributed by atoms with van der Waals surface area (Å²) in [6.07, 6.45) is 0. The molecular weight excluding hydrogens is 330 g/mol. The lowest BCUT2D eigenvalue weighted by atomic mass is 10.1. The monoisotopic (exact) mass is 343 g/mol. The van der Waals surface area contributed by atoms with Crippen molar-refractivity contribution in [2.45, 2.75) is 13.8 Å². The smallest absolute Gasteiger partial charge is 0.291 e. The van der Waals surface area contributed by atoms with Crippen molar-refractivity contribution >= 4 is 38.5 Å². The number of nitrogens with one attached hydrogen (secondary N) is 1. The zero-order valence-corrected chi connectivity index (χ0v) is 13.3.